The molecule has 0 aromatic heterocycles. The molecule has 0 bridgehead atoms. The number of hydrogen-bond donors (Lipinski definition) is 0. The lowest BCUT2D eigenvalue weighted by atomic mass is 9.82. The van der Waals surface area contributed by atoms with Gasteiger partial charge in [-0.1, -0.05) is 141 Å². The van der Waals surface area contributed by atoms with Gasteiger partial charge in [-0.15, -0.1) is 0 Å². The fourth-order valence-electron chi connectivity index (χ4n) is 8.05. The van der Waals surface area contributed by atoms with Gasteiger partial charge in [-0.2, -0.15) is 0 Å². The molecule has 0 radical (unpaired) electrons. The number of hydrogen-bond acceptors (Lipinski definition) is 0. The summed E-state index contributed by atoms with van der Waals surface area (Å²) in [5.74, 6) is 0. The summed E-state index contributed by atoms with van der Waals surface area (Å²) in [4.78, 5) is 0. The minimum Gasteiger partial charge on any atom is -0.0908 e. The average Bonchev–Trinajstić information content (AvgIpc) is 3.58. The van der Waals surface area contributed by atoms with Crippen molar-refractivity contribution in [2.75, 3.05) is 0 Å². The molecule has 0 heterocycles. The normalized spacial score (nSPS) is 16.3. The molecule has 3 aliphatic carbocycles. The summed E-state index contributed by atoms with van der Waals surface area (Å²) in [6.45, 7) is 9.25. The highest BCUT2D eigenvalue weighted by molar-refractivity contribution is 6.14. The summed E-state index contributed by atoms with van der Waals surface area (Å²) in [6.07, 6.45) is 14.6. The molecule has 0 amide bonds. The lowest BCUT2D eigenvalue weighted by molar-refractivity contribution is 0.962. The number of fused-ring (bicyclic) bond motifs is 3. The van der Waals surface area contributed by atoms with E-state index in [2.05, 4.69) is 147 Å². The number of allylic oxidation sites excluding steroid dienone is 4. The van der Waals surface area contributed by atoms with E-state index in [-0.39, 0.29) is 0 Å². The van der Waals surface area contributed by atoms with Crippen LogP contribution >= 0.6 is 0 Å². The van der Waals surface area contributed by atoms with Crippen LogP contribution in [0.4, 0.5) is 0 Å². The van der Waals surface area contributed by atoms with Crippen LogP contribution in [0.1, 0.15) is 84.0 Å². The van der Waals surface area contributed by atoms with E-state index in [1.807, 2.05) is 0 Å². The average molecular weight is 605 g/mol. The highest BCUT2D eigenvalue weighted by Crippen LogP contribution is 2.50. The van der Waals surface area contributed by atoms with Crippen molar-refractivity contribution in [1.29, 1.82) is 0 Å². The molecule has 0 aliphatic heterocycles. The maximum atomic E-state index is 4.82. The van der Waals surface area contributed by atoms with Crippen LogP contribution in [0.15, 0.2) is 133 Å². The van der Waals surface area contributed by atoms with Crippen molar-refractivity contribution in [2.45, 2.75) is 46.0 Å². The molecule has 0 saturated heterocycles. The van der Waals surface area contributed by atoms with Crippen molar-refractivity contribution in [3.8, 4) is 11.1 Å². The van der Waals surface area contributed by atoms with E-state index >= 15 is 0 Å². The van der Waals surface area contributed by atoms with Gasteiger partial charge in [0, 0.05) is 0 Å². The molecule has 47 heavy (non-hydrogen) atoms. The van der Waals surface area contributed by atoms with Gasteiger partial charge in [0.25, 0.3) is 0 Å². The fraction of sp³-hybridized carbons (Fsp3) is 0.149. The molecule has 0 unspecified atom stereocenters. The van der Waals surface area contributed by atoms with Crippen molar-refractivity contribution in [2.24, 2.45) is 0 Å². The number of benzene rings is 5. The van der Waals surface area contributed by atoms with Crippen LogP contribution in [-0.4, -0.2) is 0 Å². The van der Waals surface area contributed by atoms with Crippen molar-refractivity contribution >= 4 is 34.4 Å². The van der Waals surface area contributed by atoms with Gasteiger partial charge in [-0.05, 0) is 139 Å². The molecule has 228 valence electrons. The topological polar surface area (TPSA) is 0 Å². The van der Waals surface area contributed by atoms with Gasteiger partial charge >= 0.3 is 0 Å². The van der Waals surface area contributed by atoms with E-state index < -0.39 is 0 Å². The molecule has 0 heteroatoms. The molecule has 0 saturated carbocycles. The largest absolute Gasteiger partial charge is 0.0908 e. The standard InChI is InChI=1S/C47H40/c1-4-6-9-19-33-23-15-26-39-42-29-36(28-32-17-10-7-11-18-32)41(30-43(42)37(5-2)45(33)39)47(35-20-12-8-13-21-35)44-31(3)38-25-14-22-34-24-16-27-40(44)46(34)38/h5,7-13,15-24,26-27,29-30H,3-4,6,14,25,28H2,1-2H3/b19-9-,37-5-,47-44+. The summed E-state index contributed by atoms with van der Waals surface area (Å²) in [5.41, 5.74) is 19.6. The van der Waals surface area contributed by atoms with Crippen molar-refractivity contribution in [3.05, 3.63) is 188 Å². The first-order valence-corrected chi connectivity index (χ1v) is 17.2. The Morgan fingerprint density at radius 2 is 1.55 bits per heavy atom. The molecular weight excluding hydrogens is 565 g/mol. The molecule has 0 atom stereocenters. The minimum absolute atomic E-state index is 0.855. The second-order valence-corrected chi connectivity index (χ2v) is 13.0. The summed E-state index contributed by atoms with van der Waals surface area (Å²) in [7, 11) is 0. The molecule has 5 aromatic carbocycles. The van der Waals surface area contributed by atoms with Gasteiger partial charge in [0.15, 0.2) is 0 Å². The second-order valence-electron chi connectivity index (χ2n) is 13.0. The summed E-state index contributed by atoms with van der Waals surface area (Å²) >= 11 is 0. The fourth-order valence-corrected chi connectivity index (χ4v) is 8.05. The highest BCUT2D eigenvalue weighted by Gasteiger charge is 2.31. The van der Waals surface area contributed by atoms with Gasteiger partial charge in [0.1, 0.15) is 0 Å². The van der Waals surface area contributed by atoms with Crippen LogP contribution in [0.2, 0.25) is 0 Å². The Labute approximate surface area is 279 Å². The Balaban J connectivity index is 1.44. The first kappa shape index (κ1) is 29.2. The first-order valence-electron chi connectivity index (χ1n) is 17.2. The van der Waals surface area contributed by atoms with E-state index in [0.717, 1.165) is 32.1 Å². The predicted octanol–water partition coefficient (Wildman–Crippen LogP) is 10.8. The zero-order valence-corrected chi connectivity index (χ0v) is 27.4. The van der Waals surface area contributed by atoms with Crippen LogP contribution in [-0.2, 0) is 6.42 Å². The van der Waals surface area contributed by atoms with E-state index in [4.69, 9.17) is 6.58 Å². The Bertz CT molecular complexity index is 2270. The van der Waals surface area contributed by atoms with Gasteiger partial charge < -0.3 is 0 Å². The van der Waals surface area contributed by atoms with Gasteiger partial charge in [0.05, 0.1) is 0 Å². The van der Waals surface area contributed by atoms with E-state index in [1.54, 1.807) is 0 Å². The maximum absolute atomic E-state index is 4.82. The Kier molecular flexibility index (Phi) is 7.58. The molecular formula is C47H40. The quantitative estimate of drug-likeness (QED) is 0.170. The van der Waals surface area contributed by atoms with Crippen LogP contribution in [0.25, 0.3) is 45.6 Å². The maximum Gasteiger partial charge on any atom is -0.00194 e. The molecule has 0 nitrogen and oxygen atoms in total. The molecule has 0 spiro atoms. The summed E-state index contributed by atoms with van der Waals surface area (Å²) in [5, 5.41) is 2.74. The number of rotatable bonds is 7. The molecule has 5 aromatic rings. The van der Waals surface area contributed by atoms with E-state index in [0.29, 0.717) is 0 Å². The smallest absolute Gasteiger partial charge is 0.00194 e. The molecule has 0 N–H and O–H groups in total. The SMILES string of the molecule is C=C1C2=c3c(cccc3=CCC2)/C1=C(\c1ccccc1)c1cc2c(cc1Cc1ccccc1)-c1cccc(/C=C\CCC)c1/C2=C\C. The van der Waals surface area contributed by atoms with E-state index in [1.165, 1.54) is 93.9 Å². The van der Waals surface area contributed by atoms with Crippen LogP contribution in [0.3, 0.4) is 0 Å². The predicted molar refractivity (Wildman–Crippen MR) is 202 cm³/mol. The van der Waals surface area contributed by atoms with Crippen molar-refractivity contribution in [3.63, 3.8) is 0 Å². The highest BCUT2D eigenvalue weighted by atomic mass is 14.3. The van der Waals surface area contributed by atoms with Crippen LogP contribution in [0.5, 0.6) is 0 Å². The third kappa shape index (κ3) is 4.91. The second kappa shape index (κ2) is 12.2. The van der Waals surface area contributed by atoms with Gasteiger partial charge in [-0.25, -0.2) is 0 Å². The number of unbranched alkanes of at least 4 members (excludes halogenated alkanes) is 1. The van der Waals surface area contributed by atoms with Crippen LogP contribution < -0.4 is 10.4 Å². The molecule has 0 fully saturated rings. The van der Waals surface area contributed by atoms with Crippen molar-refractivity contribution in [1.82, 2.24) is 0 Å². The molecule has 3 aliphatic rings. The Morgan fingerprint density at radius 1 is 0.787 bits per heavy atom. The van der Waals surface area contributed by atoms with Crippen molar-refractivity contribution < 1.29 is 0 Å². The minimum atomic E-state index is 0.855. The zero-order chi connectivity index (χ0) is 31.9. The first-order chi connectivity index (χ1) is 23.2. The van der Waals surface area contributed by atoms with Gasteiger partial charge in [0.2, 0.25) is 0 Å². The Hall–Kier alpha value is -5.20. The van der Waals surface area contributed by atoms with E-state index in [9.17, 15) is 0 Å². The van der Waals surface area contributed by atoms with Gasteiger partial charge in [-0.3, -0.25) is 0 Å². The monoisotopic (exact) mass is 604 g/mol. The molecule has 8 rings (SSSR count). The van der Waals surface area contributed by atoms with Crippen LogP contribution in [0, 0.1) is 0 Å². The zero-order valence-electron chi connectivity index (χ0n) is 27.4. The summed E-state index contributed by atoms with van der Waals surface area (Å²) in [6, 6.07) is 40.6. The third-order valence-electron chi connectivity index (χ3n) is 10.1. The lowest BCUT2D eigenvalue weighted by Gasteiger charge is -2.21. The third-order valence-corrected chi connectivity index (χ3v) is 10.1. The summed E-state index contributed by atoms with van der Waals surface area (Å²) < 4.78 is 0. The Morgan fingerprint density at radius 3 is 2.34 bits per heavy atom. The lowest BCUT2D eigenvalue weighted by Crippen LogP contribution is -2.29.